The Morgan fingerprint density at radius 1 is 1.12 bits per heavy atom. The predicted molar refractivity (Wildman–Crippen MR) is 128 cm³/mol. The molecule has 1 saturated heterocycles. The van der Waals surface area contributed by atoms with Gasteiger partial charge >= 0.3 is 12.1 Å². The van der Waals surface area contributed by atoms with Crippen molar-refractivity contribution in [3.05, 3.63) is 59.7 Å². The third kappa shape index (κ3) is 4.79. The monoisotopic (exact) mass is 464 g/mol. The number of fused-ring (bicyclic) bond motifs is 3. The Kier molecular flexibility index (Phi) is 6.91. The molecule has 2 aromatic carbocycles. The van der Waals surface area contributed by atoms with Crippen molar-refractivity contribution in [1.29, 1.82) is 0 Å². The Bertz CT molecular complexity index is 1040. The van der Waals surface area contributed by atoms with Crippen LogP contribution in [0.25, 0.3) is 11.1 Å². The minimum atomic E-state index is -0.876. The highest BCUT2D eigenvalue weighted by Gasteiger charge is 2.42. The van der Waals surface area contributed by atoms with Gasteiger partial charge in [-0.2, -0.15) is 0 Å². The van der Waals surface area contributed by atoms with Crippen LogP contribution in [-0.2, 0) is 14.3 Å². The van der Waals surface area contributed by atoms with Crippen LogP contribution in [0, 0.1) is 5.41 Å². The molecule has 180 valence electrons. The normalized spacial score (nSPS) is 19.9. The number of carboxylic acid groups (broad SMARTS) is 1. The van der Waals surface area contributed by atoms with Gasteiger partial charge in [-0.15, -0.1) is 0 Å². The molecule has 2 aromatic rings. The summed E-state index contributed by atoms with van der Waals surface area (Å²) < 4.78 is 5.62. The first-order valence-corrected chi connectivity index (χ1v) is 11.9. The summed E-state index contributed by atoms with van der Waals surface area (Å²) in [5, 5.41) is 12.3. The molecular formula is C27H32N2O5. The van der Waals surface area contributed by atoms with E-state index in [1.807, 2.05) is 31.2 Å². The van der Waals surface area contributed by atoms with Gasteiger partial charge in [0.2, 0.25) is 5.91 Å². The number of carbonyl (C=O) groups is 3. The number of carbonyl (C=O) groups excluding carboxylic acids is 2. The Hall–Kier alpha value is -3.35. The fourth-order valence-corrected chi connectivity index (χ4v) is 4.99. The van der Waals surface area contributed by atoms with Gasteiger partial charge in [0, 0.05) is 31.5 Å². The Morgan fingerprint density at radius 2 is 1.74 bits per heavy atom. The zero-order valence-corrected chi connectivity index (χ0v) is 19.8. The minimum absolute atomic E-state index is 0.00137. The van der Waals surface area contributed by atoms with Crippen LogP contribution in [0.2, 0.25) is 0 Å². The zero-order chi connectivity index (χ0) is 24.3. The summed E-state index contributed by atoms with van der Waals surface area (Å²) in [5.41, 5.74) is 3.80. The smallest absolute Gasteiger partial charge is 0.407 e. The molecule has 2 amide bonds. The van der Waals surface area contributed by atoms with Gasteiger partial charge in [-0.3, -0.25) is 9.59 Å². The Balaban J connectivity index is 1.28. The van der Waals surface area contributed by atoms with Crippen LogP contribution < -0.4 is 5.32 Å². The number of hydrogen-bond acceptors (Lipinski definition) is 4. The van der Waals surface area contributed by atoms with Gasteiger partial charge in [-0.1, -0.05) is 55.5 Å². The standard InChI is InChI=1S/C27H32N2O5/c1-3-18(12-13-24(30)29-15-14-27(2,17-29)25(31)32)28-26(33)34-16-23-21-10-6-4-8-19(21)20-9-5-7-11-22(20)23/h4-11,18,23H,3,12-17H2,1-2H3,(H,28,33)(H,31,32). The van der Waals surface area contributed by atoms with Gasteiger partial charge in [0.05, 0.1) is 5.41 Å². The highest BCUT2D eigenvalue weighted by molar-refractivity contribution is 5.81. The van der Waals surface area contributed by atoms with Crippen LogP contribution in [0.5, 0.6) is 0 Å². The van der Waals surface area contributed by atoms with E-state index < -0.39 is 17.5 Å². The van der Waals surface area contributed by atoms with E-state index in [0.717, 1.165) is 11.1 Å². The second kappa shape index (κ2) is 9.87. The number of nitrogens with one attached hydrogen (secondary N) is 1. The van der Waals surface area contributed by atoms with Crippen molar-refractivity contribution in [3.8, 4) is 11.1 Å². The summed E-state index contributed by atoms with van der Waals surface area (Å²) in [4.78, 5) is 38.2. The Morgan fingerprint density at radius 3 is 2.29 bits per heavy atom. The number of amides is 2. The third-order valence-electron chi connectivity index (χ3n) is 7.21. The van der Waals surface area contributed by atoms with Gasteiger partial charge < -0.3 is 20.1 Å². The summed E-state index contributed by atoms with van der Waals surface area (Å²) in [5.74, 6) is -0.942. The quantitative estimate of drug-likeness (QED) is 0.603. The van der Waals surface area contributed by atoms with Crippen molar-refractivity contribution in [2.45, 2.75) is 51.5 Å². The van der Waals surface area contributed by atoms with E-state index in [1.54, 1.807) is 11.8 Å². The number of carboxylic acids is 1. The second-order valence-electron chi connectivity index (χ2n) is 9.54. The lowest BCUT2D eigenvalue weighted by Crippen LogP contribution is -2.38. The van der Waals surface area contributed by atoms with Crippen molar-refractivity contribution < 1.29 is 24.2 Å². The minimum Gasteiger partial charge on any atom is -0.481 e. The molecule has 2 atom stereocenters. The fraction of sp³-hybridized carbons (Fsp3) is 0.444. The third-order valence-corrected chi connectivity index (χ3v) is 7.21. The van der Waals surface area contributed by atoms with Crippen LogP contribution >= 0.6 is 0 Å². The molecule has 0 spiro atoms. The van der Waals surface area contributed by atoms with Gasteiger partial charge in [0.15, 0.2) is 0 Å². The van der Waals surface area contributed by atoms with Crippen molar-refractivity contribution in [2.24, 2.45) is 5.41 Å². The Labute approximate surface area is 200 Å². The molecule has 0 aromatic heterocycles. The first-order chi connectivity index (χ1) is 16.3. The number of nitrogens with zero attached hydrogens (tertiary/aromatic N) is 1. The molecule has 7 nitrogen and oxygen atoms in total. The summed E-state index contributed by atoms with van der Waals surface area (Å²) in [6, 6.07) is 16.2. The average Bonchev–Trinajstić information content (AvgIpc) is 3.40. The van der Waals surface area contributed by atoms with Gasteiger partial charge in [-0.25, -0.2) is 4.79 Å². The molecule has 0 saturated carbocycles. The molecule has 1 fully saturated rings. The highest BCUT2D eigenvalue weighted by Crippen LogP contribution is 2.44. The molecule has 7 heteroatoms. The van der Waals surface area contributed by atoms with E-state index in [4.69, 9.17) is 4.74 Å². The lowest BCUT2D eigenvalue weighted by Gasteiger charge is -2.22. The number of ether oxygens (including phenoxy) is 1. The van der Waals surface area contributed by atoms with Gasteiger partial charge in [-0.05, 0) is 48.4 Å². The maximum Gasteiger partial charge on any atom is 0.407 e. The van der Waals surface area contributed by atoms with E-state index in [1.165, 1.54) is 11.1 Å². The lowest BCUT2D eigenvalue weighted by molar-refractivity contribution is -0.147. The van der Waals surface area contributed by atoms with Crippen LogP contribution in [0.4, 0.5) is 4.79 Å². The van der Waals surface area contributed by atoms with Crippen molar-refractivity contribution in [2.75, 3.05) is 19.7 Å². The van der Waals surface area contributed by atoms with E-state index >= 15 is 0 Å². The number of hydrogen-bond donors (Lipinski definition) is 2. The van der Waals surface area contributed by atoms with Gasteiger partial charge in [0.25, 0.3) is 0 Å². The highest BCUT2D eigenvalue weighted by atomic mass is 16.5. The molecular weight excluding hydrogens is 432 g/mol. The molecule has 1 aliphatic heterocycles. The van der Waals surface area contributed by atoms with Crippen LogP contribution in [-0.4, -0.2) is 53.7 Å². The van der Waals surface area contributed by atoms with Crippen molar-refractivity contribution in [3.63, 3.8) is 0 Å². The molecule has 2 unspecified atom stereocenters. The topological polar surface area (TPSA) is 95.9 Å². The average molecular weight is 465 g/mol. The molecule has 0 radical (unpaired) electrons. The molecule has 2 aliphatic rings. The predicted octanol–water partition coefficient (Wildman–Crippen LogP) is 4.41. The van der Waals surface area contributed by atoms with E-state index in [-0.39, 0.29) is 37.4 Å². The number of likely N-dealkylation sites (tertiary alicyclic amines) is 1. The molecule has 2 N–H and O–H groups in total. The molecule has 1 heterocycles. The van der Waals surface area contributed by atoms with Crippen molar-refractivity contribution >= 4 is 18.0 Å². The van der Waals surface area contributed by atoms with Gasteiger partial charge in [0.1, 0.15) is 6.61 Å². The summed E-state index contributed by atoms with van der Waals surface area (Å²) in [7, 11) is 0. The number of rotatable bonds is 8. The second-order valence-corrected chi connectivity index (χ2v) is 9.54. The first-order valence-electron chi connectivity index (χ1n) is 11.9. The van der Waals surface area contributed by atoms with E-state index in [2.05, 4.69) is 29.6 Å². The largest absolute Gasteiger partial charge is 0.481 e. The van der Waals surface area contributed by atoms with E-state index in [9.17, 15) is 19.5 Å². The van der Waals surface area contributed by atoms with Crippen LogP contribution in [0.1, 0.15) is 56.6 Å². The number of alkyl carbamates (subject to hydrolysis) is 1. The zero-order valence-electron chi connectivity index (χ0n) is 19.8. The maximum absolute atomic E-state index is 12.6. The maximum atomic E-state index is 12.6. The first kappa shape index (κ1) is 23.8. The SMILES string of the molecule is CCC(CCC(=O)N1CCC(C)(C(=O)O)C1)NC(=O)OCC1c2ccccc2-c2ccccc21. The fourth-order valence-electron chi connectivity index (χ4n) is 4.99. The lowest BCUT2D eigenvalue weighted by atomic mass is 9.90. The van der Waals surface area contributed by atoms with Crippen molar-refractivity contribution in [1.82, 2.24) is 10.2 Å². The van der Waals surface area contributed by atoms with E-state index in [0.29, 0.717) is 25.8 Å². The molecule has 1 aliphatic carbocycles. The molecule has 4 rings (SSSR count). The summed E-state index contributed by atoms with van der Waals surface area (Å²) >= 11 is 0. The summed E-state index contributed by atoms with van der Waals surface area (Å²) in [6.07, 6.45) is 1.39. The van der Waals surface area contributed by atoms with Crippen LogP contribution in [0.3, 0.4) is 0 Å². The molecule has 0 bridgehead atoms. The van der Waals surface area contributed by atoms with Crippen LogP contribution in [0.15, 0.2) is 48.5 Å². The number of aliphatic carboxylic acids is 1. The summed E-state index contributed by atoms with van der Waals surface area (Å²) in [6.45, 7) is 4.57. The number of benzene rings is 2. The molecule has 34 heavy (non-hydrogen) atoms.